The molecule has 2 aromatic rings. The Hall–Kier alpha value is -2.08. The van der Waals surface area contributed by atoms with Crippen molar-refractivity contribution in [2.75, 3.05) is 58.8 Å². The summed E-state index contributed by atoms with van der Waals surface area (Å²) >= 11 is 5.93. The van der Waals surface area contributed by atoms with E-state index in [-0.39, 0.29) is 11.9 Å². The lowest BCUT2D eigenvalue weighted by molar-refractivity contribution is 0.0886. The number of anilines is 1. The molecule has 0 aromatic heterocycles. The van der Waals surface area contributed by atoms with Gasteiger partial charge in [0.25, 0.3) is 5.91 Å². The van der Waals surface area contributed by atoms with E-state index in [4.69, 9.17) is 11.6 Å². The summed E-state index contributed by atoms with van der Waals surface area (Å²) in [7, 11) is 6.24. The topological polar surface area (TPSA) is 38.8 Å². The van der Waals surface area contributed by atoms with Gasteiger partial charge in [-0.2, -0.15) is 0 Å². The number of nitrogens with zero attached hydrogens (tertiary/aromatic N) is 3. The molecule has 1 fully saturated rings. The molecule has 1 N–H and O–H groups in total. The van der Waals surface area contributed by atoms with Crippen molar-refractivity contribution in [1.82, 2.24) is 15.1 Å². The fourth-order valence-electron chi connectivity index (χ4n) is 3.48. The van der Waals surface area contributed by atoms with Gasteiger partial charge in [-0.1, -0.05) is 23.7 Å². The molecule has 0 aliphatic carbocycles. The van der Waals surface area contributed by atoms with Crippen LogP contribution in [0.25, 0.3) is 0 Å². The molecule has 1 aliphatic rings. The predicted molar refractivity (Wildman–Crippen MR) is 116 cm³/mol. The molecular formula is C22H29ClN4O. The molecule has 1 saturated heterocycles. The molecule has 150 valence electrons. The van der Waals surface area contributed by atoms with Crippen LogP contribution in [0.1, 0.15) is 22.0 Å². The number of benzene rings is 2. The van der Waals surface area contributed by atoms with E-state index in [0.29, 0.717) is 17.1 Å². The molecule has 5 nitrogen and oxygen atoms in total. The number of nitrogens with one attached hydrogen (secondary N) is 1. The van der Waals surface area contributed by atoms with Crippen molar-refractivity contribution < 1.29 is 4.79 Å². The van der Waals surface area contributed by atoms with E-state index in [1.54, 1.807) is 24.3 Å². The van der Waals surface area contributed by atoms with Crippen LogP contribution >= 0.6 is 11.6 Å². The van der Waals surface area contributed by atoms with Gasteiger partial charge in [0.2, 0.25) is 0 Å². The zero-order valence-electron chi connectivity index (χ0n) is 16.9. The smallest absolute Gasteiger partial charge is 0.251 e. The monoisotopic (exact) mass is 400 g/mol. The van der Waals surface area contributed by atoms with Crippen molar-refractivity contribution in [3.8, 4) is 0 Å². The summed E-state index contributed by atoms with van der Waals surface area (Å²) in [6.45, 7) is 4.64. The highest BCUT2D eigenvalue weighted by Crippen LogP contribution is 2.24. The molecule has 0 radical (unpaired) electrons. The minimum atomic E-state index is -0.0688. The summed E-state index contributed by atoms with van der Waals surface area (Å²) in [5.74, 6) is -0.0688. The SMILES string of the molecule is CN1CCN([C@@H](CNC(=O)c2ccc(Cl)cc2)c2ccc(N(C)C)cc2)CC1. The maximum atomic E-state index is 12.6. The van der Waals surface area contributed by atoms with Crippen LogP contribution in [0.4, 0.5) is 5.69 Å². The van der Waals surface area contributed by atoms with Gasteiger partial charge in [-0.15, -0.1) is 0 Å². The maximum Gasteiger partial charge on any atom is 0.251 e. The van der Waals surface area contributed by atoms with Gasteiger partial charge < -0.3 is 15.1 Å². The number of likely N-dealkylation sites (N-methyl/N-ethyl adjacent to an activating group) is 1. The first kappa shape index (κ1) is 20.6. The minimum Gasteiger partial charge on any atom is -0.378 e. The number of carbonyl (C=O) groups excluding carboxylic acids is 1. The van der Waals surface area contributed by atoms with Crippen molar-refractivity contribution in [3.63, 3.8) is 0 Å². The lowest BCUT2D eigenvalue weighted by Crippen LogP contribution is -2.48. The predicted octanol–water partition coefficient (Wildman–Crippen LogP) is 3.12. The third-order valence-corrected chi connectivity index (χ3v) is 5.59. The van der Waals surface area contributed by atoms with Crippen molar-refractivity contribution >= 4 is 23.2 Å². The van der Waals surface area contributed by atoms with Crippen molar-refractivity contribution in [3.05, 3.63) is 64.7 Å². The van der Waals surface area contributed by atoms with Crippen LogP contribution in [0.3, 0.4) is 0 Å². The molecular weight excluding hydrogens is 372 g/mol. The normalized spacial score (nSPS) is 16.6. The summed E-state index contributed by atoms with van der Waals surface area (Å²) in [6, 6.07) is 15.8. The number of piperazine rings is 1. The third kappa shape index (κ3) is 5.25. The third-order valence-electron chi connectivity index (χ3n) is 5.34. The van der Waals surface area contributed by atoms with Gasteiger partial charge in [0.05, 0.1) is 6.04 Å². The standard InChI is InChI=1S/C22H29ClN4O/c1-25(2)20-10-6-17(7-11-20)21(27-14-12-26(3)13-15-27)16-24-22(28)18-4-8-19(23)9-5-18/h4-11,21H,12-16H2,1-3H3,(H,24,28)/t21-/m0/s1. The second-order valence-electron chi connectivity index (χ2n) is 7.56. The Bertz CT molecular complexity index is 768. The van der Waals surface area contributed by atoms with E-state index in [1.165, 1.54) is 11.3 Å². The van der Waals surface area contributed by atoms with E-state index in [1.807, 2.05) is 14.1 Å². The lowest BCUT2D eigenvalue weighted by atomic mass is 10.0. The van der Waals surface area contributed by atoms with Gasteiger partial charge in [-0.05, 0) is 49.0 Å². The van der Waals surface area contributed by atoms with Gasteiger partial charge in [-0.25, -0.2) is 0 Å². The molecule has 3 rings (SSSR count). The molecule has 1 atom stereocenters. The highest BCUT2D eigenvalue weighted by atomic mass is 35.5. The zero-order chi connectivity index (χ0) is 20.1. The van der Waals surface area contributed by atoms with Crippen LogP contribution in [0, 0.1) is 0 Å². The molecule has 1 amide bonds. The van der Waals surface area contributed by atoms with Gasteiger partial charge >= 0.3 is 0 Å². The van der Waals surface area contributed by atoms with Crippen molar-refractivity contribution in [2.24, 2.45) is 0 Å². The molecule has 28 heavy (non-hydrogen) atoms. The molecule has 0 unspecified atom stereocenters. The molecule has 1 heterocycles. The van der Waals surface area contributed by atoms with Crippen LogP contribution in [-0.2, 0) is 0 Å². The Morgan fingerprint density at radius 2 is 1.64 bits per heavy atom. The van der Waals surface area contributed by atoms with Gasteiger partial charge in [-0.3, -0.25) is 9.69 Å². The molecule has 0 saturated carbocycles. The van der Waals surface area contributed by atoms with Crippen LogP contribution in [0.15, 0.2) is 48.5 Å². The van der Waals surface area contributed by atoms with Crippen LogP contribution < -0.4 is 10.2 Å². The first-order valence-electron chi connectivity index (χ1n) is 9.67. The number of halogens is 1. The number of amides is 1. The first-order valence-corrected chi connectivity index (χ1v) is 10.1. The Balaban J connectivity index is 1.74. The summed E-state index contributed by atoms with van der Waals surface area (Å²) in [5.41, 5.74) is 3.03. The Kier molecular flexibility index (Phi) is 6.94. The summed E-state index contributed by atoms with van der Waals surface area (Å²) in [5, 5.41) is 3.75. The van der Waals surface area contributed by atoms with Gasteiger partial charge in [0.15, 0.2) is 0 Å². The number of hydrogen-bond donors (Lipinski definition) is 1. The summed E-state index contributed by atoms with van der Waals surface area (Å²) in [6.07, 6.45) is 0. The fourth-order valence-corrected chi connectivity index (χ4v) is 3.60. The van der Waals surface area contributed by atoms with E-state index in [2.05, 4.69) is 51.3 Å². The Labute approximate surface area is 172 Å². The number of rotatable bonds is 6. The van der Waals surface area contributed by atoms with E-state index in [0.717, 1.165) is 26.2 Å². The fraction of sp³-hybridized carbons (Fsp3) is 0.409. The average molecular weight is 401 g/mol. The Morgan fingerprint density at radius 1 is 1.04 bits per heavy atom. The maximum absolute atomic E-state index is 12.6. The highest BCUT2D eigenvalue weighted by molar-refractivity contribution is 6.30. The van der Waals surface area contributed by atoms with Crippen LogP contribution in [0.2, 0.25) is 5.02 Å². The number of carbonyl (C=O) groups is 1. The highest BCUT2D eigenvalue weighted by Gasteiger charge is 2.24. The minimum absolute atomic E-state index is 0.0688. The average Bonchev–Trinajstić information content (AvgIpc) is 2.70. The molecule has 1 aliphatic heterocycles. The second-order valence-corrected chi connectivity index (χ2v) is 7.99. The molecule has 0 bridgehead atoms. The zero-order valence-corrected chi connectivity index (χ0v) is 17.6. The van der Waals surface area contributed by atoms with Gasteiger partial charge in [0, 0.05) is 63.1 Å². The lowest BCUT2D eigenvalue weighted by Gasteiger charge is -2.38. The van der Waals surface area contributed by atoms with E-state index >= 15 is 0 Å². The summed E-state index contributed by atoms with van der Waals surface area (Å²) in [4.78, 5) is 19.5. The quantitative estimate of drug-likeness (QED) is 0.808. The first-order chi connectivity index (χ1) is 13.4. The largest absolute Gasteiger partial charge is 0.378 e. The van der Waals surface area contributed by atoms with Crippen LogP contribution in [-0.4, -0.2) is 69.6 Å². The number of hydrogen-bond acceptors (Lipinski definition) is 4. The van der Waals surface area contributed by atoms with Gasteiger partial charge in [0.1, 0.15) is 0 Å². The molecule has 2 aromatic carbocycles. The Morgan fingerprint density at radius 3 is 2.21 bits per heavy atom. The van der Waals surface area contributed by atoms with Crippen molar-refractivity contribution in [2.45, 2.75) is 6.04 Å². The molecule has 6 heteroatoms. The second kappa shape index (κ2) is 9.41. The van der Waals surface area contributed by atoms with E-state index in [9.17, 15) is 4.79 Å². The van der Waals surface area contributed by atoms with Crippen LogP contribution in [0.5, 0.6) is 0 Å². The summed E-state index contributed by atoms with van der Waals surface area (Å²) < 4.78 is 0. The van der Waals surface area contributed by atoms with Crippen molar-refractivity contribution in [1.29, 1.82) is 0 Å². The van der Waals surface area contributed by atoms with E-state index < -0.39 is 0 Å². The molecule has 0 spiro atoms.